The van der Waals surface area contributed by atoms with Gasteiger partial charge in [0.2, 0.25) is 35.4 Å². The van der Waals surface area contributed by atoms with E-state index in [0.29, 0.717) is 107 Å². The van der Waals surface area contributed by atoms with E-state index in [2.05, 4.69) is 81.9 Å². The van der Waals surface area contributed by atoms with Crippen molar-refractivity contribution in [2.24, 2.45) is 0 Å². The molecule has 1 fully saturated rings. The van der Waals surface area contributed by atoms with Gasteiger partial charge < -0.3 is 35.6 Å². The number of hydrogen-bond donors (Lipinski definition) is 6. The Morgan fingerprint density at radius 3 is 2.07 bits per heavy atom. The number of carbonyl (C=O) groups is 7. The summed E-state index contributed by atoms with van der Waals surface area (Å²) in [6.07, 6.45) is 17.4. The number of fused-ring (bicyclic) bond motifs is 6. The summed E-state index contributed by atoms with van der Waals surface area (Å²) in [7, 11) is -9.08. The van der Waals surface area contributed by atoms with Gasteiger partial charge in [0.25, 0.3) is 20.2 Å². The van der Waals surface area contributed by atoms with Crippen molar-refractivity contribution in [3.8, 4) is 5.75 Å². The first-order valence-corrected chi connectivity index (χ1v) is 36.3. The number of carbonyl (C=O) groups excluding carboxylic acids is 7. The van der Waals surface area contributed by atoms with Gasteiger partial charge >= 0.3 is 5.97 Å². The number of unbranched alkanes of at least 4 members (excludes halogenated alkanes) is 2. The molecule has 3 aromatic carbocycles. The molecule has 5 aliphatic rings. The zero-order valence-corrected chi connectivity index (χ0v) is 56.7. The van der Waals surface area contributed by atoms with Crippen LogP contribution in [0, 0.1) is 6.92 Å². The third kappa shape index (κ3) is 18.0. The average Bonchev–Trinajstić information content (AvgIpc) is 1.59. The van der Waals surface area contributed by atoms with Gasteiger partial charge in [0.05, 0.1) is 15.2 Å². The lowest BCUT2D eigenvalue weighted by Crippen LogP contribution is -2.47. The number of ketones is 2. The largest absolute Gasteiger partial charge is 0.457 e. The van der Waals surface area contributed by atoms with Crippen LogP contribution in [0.1, 0.15) is 193 Å². The summed E-state index contributed by atoms with van der Waals surface area (Å²) in [5.41, 5.74) is 7.54. The number of hydrogen-bond acceptors (Lipinski definition) is 14. The van der Waals surface area contributed by atoms with Crippen molar-refractivity contribution in [3.63, 3.8) is 0 Å². The minimum atomic E-state index is -4.58. The van der Waals surface area contributed by atoms with Crippen LogP contribution in [0.5, 0.6) is 5.75 Å². The van der Waals surface area contributed by atoms with Crippen LogP contribution in [0.4, 0.5) is 11.4 Å². The molecule has 2 bridgehead atoms. The zero-order chi connectivity index (χ0) is 68.0. The summed E-state index contributed by atoms with van der Waals surface area (Å²) >= 11 is 0. The van der Waals surface area contributed by atoms with E-state index in [0.717, 1.165) is 65.2 Å². The van der Waals surface area contributed by atoms with E-state index >= 15 is 0 Å². The number of nitrogens with one attached hydrogen (secondary N) is 4. The highest BCUT2D eigenvalue weighted by atomic mass is 32.2. The van der Waals surface area contributed by atoms with Crippen molar-refractivity contribution in [1.82, 2.24) is 21.3 Å². The highest BCUT2D eigenvalue weighted by Gasteiger charge is 2.47. The van der Waals surface area contributed by atoms with Crippen LogP contribution in [-0.4, -0.2) is 122 Å². The molecule has 2 aliphatic carbocycles. The highest BCUT2D eigenvalue weighted by molar-refractivity contribution is 7.86. The number of amides is 4. The summed E-state index contributed by atoms with van der Waals surface area (Å²) in [6, 6.07) is 15.1. The van der Waals surface area contributed by atoms with E-state index in [1.54, 1.807) is 13.0 Å². The molecular weight excluding hydrogens is 1240 g/mol. The second kappa shape index (κ2) is 32.2. The zero-order valence-electron chi connectivity index (χ0n) is 55.1. The molecule has 21 nitrogen and oxygen atoms in total. The van der Waals surface area contributed by atoms with Gasteiger partial charge in [0.15, 0.2) is 17.3 Å². The molecule has 3 heterocycles. The molecule has 8 rings (SSSR count). The van der Waals surface area contributed by atoms with Gasteiger partial charge in [-0.3, -0.25) is 42.7 Å². The Morgan fingerprint density at radius 2 is 1.38 bits per heavy atom. The molecule has 4 atom stereocenters. The number of benzene rings is 3. The highest BCUT2D eigenvalue weighted by Crippen LogP contribution is 2.51. The van der Waals surface area contributed by atoms with E-state index in [1.165, 1.54) is 42.0 Å². The monoisotopic (exact) mass is 1330 g/mol. The van der Waals surface area contributed by atoms with E-state index in [-0.39, 0.29) is 90.4 Å². The van der Waals surface area contributed by atoms with Gasteiger partial charge in [-0.25, -0.2) is 0 Å². The first-order chi connectivity index (χ1) is 44.7. The number of nitrogens with zero attached hydrogens (tertiary/aromatic N) is 2. The number of anilines is 1. The van der Waals surface area contributed by atoms with Gasteiger partial charge in [-0.05, 0) is 195 Å². The van der Waals surface area contributed by atoms with Crippen LogP contribution in [0.3, 0.4) is 0 Å². The Kier molecular flexibility index (Phi) is 24.8. The average molecular weight is 1330 g/mol. The molecule has 0 spiro atoms. The van der Waals surface area contributed by atoms with Gasteiger partial charge in [-0.15, -0.1) is 0 Å². The summed E-state index contributed by atoms with van der Waals surface area (Å²) in [4.78, 5) is 91.9. The summed E-state index contributed by atoms with van der Waals surface area (Å²) in [5.74, 6) is -1.80. The van der Waals surface area contributed by atoms with Crippen LogP contribution in [0.15, 0.2) is 117 Å². The molecule has 4 amide bonds. The number of allylic oxidation sites excluding steroid dienone is 7. The fourth-order valence-electron chi connectivity index (χ4n) is 13.2. The van der Waals surface area contributed by atoms with E-state index in [4.69, 9.17) is 9.47 Å². The minimum absolute atomic E-state index is 0.00891. The molecule has 0 aromatic heterocycles. The van der Waals surface area contributed by atoms with Crippen LogP contribution in [-0.2, 0) is 69.4 Å². The lowest BCUT2D eigenvalue weighted by Gasteiger charge is -2.30. The maximum absolute atomic E-state index is 13.8. The Hall–Kier alpha value is -7.60. The summed E-state index contributed by atoms with van der Waals surface area (Å²) < 4.78 is 84.2. The van der Waals surface area contributed by atoms with Crippen LogP contribution < -0.4 is 30.9 Å². The number of Topliss-reactive ketones (excluding diaryl/α,β-unsaturated/α-hetero) is 2. The Bertz CT molecular complexity index is 3740. The number of esters is 1. The fraction of sp³-hybridized carbons (Fsp3) is 0.521. The predicted octanol–water partition coefficient (Wildman–Crippen LogP) is 10.3. The molecule has 508 valence electrons. The van der Waals surface area contributed by atoms with Crippen molar-refractivity contribution in [3.05, 3.63) is 124 Å². The molecule has 4 unspecified atom stereocenters. The van der Waals surface area contributed by atoms with Crippen LogP contribution in [0.25, 0.3) is 0 Å². The van der Waals surface area contributed by atoms with Crippen molar-refractivity contribution in [2.45, 2.75) is 222 Å². The molecule has 1 saturated carbocycles. The second-order valence-electron chi connectivity index (χ2n) is 25.8. The standard InChI is InChI=1S/C71H92N6O15S2/c1-7-70(5)54-45-47(3)27-35-57(54)76-43-18-10-12-24-63(80)74-48(4)68(83)72-42-17-15-23-56(69(84)73-41-16-9-14-26-65(82)92-67-59(78)37-38-60(67)79)75-64(81)25-13-11-19-44-77-58-36-34-53(94(88,89)90)46-55(58)71(6,8-2)62(77)40-29-50-22-20-21-49(28-39-61(70)76)66(50)91-51-30-32-52(33-31-51)93(85,86)87/h27-36,39-40,45-46,48,56,67H,7-26,37-38,41-44H2,1-6H3,(H5-,72,73,74,75,80,81,83,84,85,86,87,88,89,90)/p+1. The lowest BCUT2D eigenvalue weighted by molar-refractivity contribution is -0.438. The molecule has 3 aromatic rings. The van der Waals surface area contributed by atoms with E-state index in [9.17, 15) is 59.5 Å². The molecule has 6 N–H and O–H groups in total. The van der Waals surface area contributed by atoms with Crippen LogP contribution in [0.2, 0.25) is 0 Å². The molecule has 0 radical (unpaired) electrons. The Labute approximate surface area is 553 Å². The minimum Gasteiger partial charge on any atom is -0.457 e. The van der Waals surface area contributed by atoms with Crippen molar-refractivity contribution < 1.29 is 73.6 Å². The van der Waals surface area contributed by atoms with E-state index < -0.39 is 61.4 Å². The molecular formula is C71H93N6O15S2+. The quantitative estimate of drug-likeness (QED) is 0.0287. The SMILES string of the molecule is CCC1(C)C2=[N+](CCCCCC(=O)NC(C)C(=O)NCCCCC(C(=O)NCCCCCC(=O)OC3C(=O)CCC3=O)NC(=O)CCCCCN3/C(=C/C=C4\CCCC(=C4Oc4ccc(S(=O)(=O)O)cc4)/C=C/2)C(C)(CC)c2cc(S(=O)(=O)O)ccc23)c2ccc(C)cc21. The molecule has 0 saturated heterocycles. The second-order valence-corrected chi connectivity index (χ2v) is 28.6. The maximum atomic E-state index is 13.8. The number of ether oxygens (including phenoxy) is 2. The van der Waals surface area contributed by atoms with Gasteiger partial charge in [0, 0.05) is 92.7 Å². The van der Waals surface area contributed by atoms with Gasteiger partial charge in [0.1, 0.15) is 30.1 Å². The van der Waals surface area contributed by atoms with Crippen molar-refractivity contribution in [1.29, 1.82) is 0 Å². The molecule has 23 heteroatoms. The Morgan fingerprint density at radius 1 is 0.702 bits per heavy atom. The van der Waals surface area contributed by atoms with Crippen molar-refractivity contribution in [2.75, 3.05) is 31.1 Å². The normalized spacial score (nSPS) is 24.5. The lowest BCUT2D eigenvalue weighted by atomic mass is 9.76. The topological polar surface area (TPSA) is 301 Å². The number of aryl methyl sites for hydroxylation is 1. The molecule has 94 heavy (non-hydrogen) atoms. The summed E-state index contributed by atoms with van der Waals surface area (Å²) in [5, 5.41) is 11.6. The fourth-order valence-corrected chi connectivity index (χ4v) is 14.2. The number of rotatable bonds is 14. The van der Waals surface area contributed by atoms with Gasteiger partial charge in [-0.1, -0.05) is 44.4 Å². The Balaban J connectivity index is 1.08. The smallest absolute Gasteiger partial charge is 0.306 e. The third-order valence-corrected chi connectivity index (χ3v) is 20.8. The maximum Gasteiger partial charge on any atom is 0.306 e. The third-order valence-electron chi connectivity index (χ3n) is 19.0. The van der Waals surface area contributed by atoms with Gasteiger partial charge in [-0.2, -0.15) is 21.4 Å². The first kappa shape index (κ1) is 72.2. The van der Waals surface area contributed by atoms with E-state index in [1.807, 2.05) is 26.0 Å². The molecule has 3 aliphatic heterocycles. The van der Waals surface area contributed by atoms with Crippen LogP contribution >= 0.6 is 0 Å². The summed E-state index contributed by atoms with van der Waals surface area (Å²) in [6.45, 7) is 13.9. The van der Waals surface area contributed by atoms with Crippen molar-refractivity contribution >= 4 is 78.5 Å². The predicted molar refractivity (Wildman–Crippen MR) is 357 cm³/mol. The first-order valence-electron chi connectivity index (χ1n) is 33.4.